The zero-order chi connectivity index (χ0) is 17.9. The Balaban J connectivity index is 1.53. The van der Waals surface area contributed by atoms with Crippen molar-refractivity contribution >= 4 is 16.8 Å². The topological polar surface area (TPSA) is 46.1 Å². The van der Waals surface area contributed by atoms with Crippen LogP contribution in [0.15, 0.2) is 54.9 Å². The van der Waals surface area contributed by atoms with Gasteiger partial charge in [-0.25, -0.2) is 0 Å². The lowest BCUT2D eigenvalue weighted by molar-refractivity contribution is 0.0732. The number of carbonyl (C=O) groups is 1. The highest BCUT2D eigenvalue weighted by Crippen LogP contribution is 2.26. The highest BCUT2D eigenvalue weighted by atomic mass is 16.2. The summed E-state index contributed by atoms with van der Waals surface area (Å²) in [4.78, 5) is 23.9. The first-order chi connectivity index (χ1) is 12.7. The van der Waals surface area contributed by atoms with Crippen LogP contribution >= 0.6 is 0 Å². The molecule has 1 aliphatic heterocycles. The number of likely N-dealkylation sites (tertiary alicyclic amines) is 1. The van der Waals surface area contributed by atoms with Crippen molar-refractivity contribution in [1.29, 1.82) is 0 Å². The van der Waals surface area contributed by atoms with E-state index in [1.807, 2.05) is 43.5 Å². The minimum Gasteiger partial charge on any atom is -0.336 e. The molecule has 0 radical (unpaired) electrons. The third kappa shape index (κ3) is 3.32. The molecule has 1 aromatic carbocycles. The second-order valence-electron chi connectivity index (χ2n) is 7.01. The molecule has 0 unspecified atom stereocenters. The average molecular weight is 345 g/mol. The molecule has 1 aliphatic rings. The molecule has 4 rings (SSSR count). The van der Waals surface area contributed by atoms with Gasteiger partial charge in [0.1, 0.15) is 0 Å². The van der Waals surface area contributed by atoms with Gasteiger partial charge in [-0.05, 0) is 68.5 Å². The summed E-state index contributed by atoms with van der Waals surface area (Å²) in [5, 5.41) is 0.940. The first-order valence-corrected chi connectivity index (χ1v) is 9.28. The minimum absolute atomic E-state index is 0.136. The van der Waals surface area contributed by atoms with E-state index in [4.69, 9.17) is 0 Å². The van der Waals surface area contributed by atoms with Crippen LogP contribution in [-0.2, 0) is 6.42 Å². The first kappa shape index (κ1) is 16.7. The summed E-state index contributed by atoms with van der Waals surface area (Å²) in [7, 11) is 0. The minimum atomic E-state index is 0.136. The zero-order valence-electron chi connectivity index (χ0n) is 15.1. The Morgan fingerprint density at radius 1 is 1.15 bits per heavy atom. The maximum Gasteiger partial charge on any atom is 0.254 e. The van der Waals surface area contributed by atoms with E-state index in [-0.39, 0.29) is 5.91 Å². The van der Waals surface area contributed by atoms with E-state index in [1.54, 1.807) is 6.20 Å². The Kier molecular flexibility index (Phi) is 4.65. The Hall–Kier alpha value is -2.75. The molecule has 2 aromatic heterocycles. The van der Waals surface area contributed by atoms with E-state index in [1.165, 1.54) is 5.56 Å². The summed E-state index contributed by atoms with van der Waals surface area (Å²) in [6.45, 7) is 2.86. The first-order valence-electron chi connectivity index (χ1n) is 9.28. The van der Waals surface area contributed by atoms with Crippen molar-refractivity contribution in [3.8, 4) is 0 Å². The molecule has 3 aromatic rings. The summed E-state index contributed by atoms with van der Waals surface area (Å²) in [6.07, 6.45) is 7.78. The monoisotopic (exact) mass is 345 g/mol. The number of nitrogens with zero attached hydrogens (tertiary/aromatic N) is 3. The fraction of sp³-hybridized carbons (Fsp3) is 0.318. The molecule has 4 nitrogen and oxygen atoms in total. The van der Waals surface area contributed by atoms with Gasteiger partial charge in [0.2, 0.25) is 0 Å². The molecule has 0 N–H and O–H groups in total. The van der Waals surface area contributed by atoms with Gasteiger partial charge >= 0.3 is 0 Å². The average Bonchev–Trinajstić information content (AvgIpc) is 3.14. The van der Waals surface area contributed by atoms with Crippen LogP contribution in [0, 0.1) is 6.92 Å². The number of aryl methyl sites for hydroxylation is 2. The van der Waals surface area contributed by atoms with E-state index >= 15 is 0 Å². The molecule has 1 saturated heterocycles. The maximum absolute atomic E-state index is 13.2. The lowest BCUT2D eigenvalue weighted by Crippen LogP contribution is -2.36. The van der Waals surface area contributed by atoms with Crippen LogP contribution in [0.1, 0.15) is 40.9 Å². The van der Waals surface area contributed by atoms with Crippen molar-refractivity contribution in [3.63, 3.8) is 0 Å². The lowest BCUT2D eigenvalue weighted by atomic mass is 10.0. The van der Waals surface area contributed by atoms with Crippen molar-refractivity contribution in [2.24, 2.45) is 0 Å². The smallest absolute Gasteiger partial charge is 0.254 e. The molecule has 0 bridgehead atoms. The maximum atomic E-state index is 13.2. The van der Waals surface area contributed by atoms with Crippen LogP contribution < -0.4 is 0 Å². The van der Waals surface area contributed by atoms with Gasteiger partial charge in [-0.3, -0.25) is 14.8 Å². The van der Waals surface area contributed by atoms with Gasteiger partial charge in [-0.1, -0.05) is 12.1 Å². The summed E-state index contributed by atoms with van der Waals surface area (Å²) < 4.78 is 0. The quantitative estimate of drug-likeness (QED) is 0.713. The standard InChI is InChI=1S/C22H23N3O/c1-16-15-17(11-13-23-16)9-10-18-5-4-14-25(18)22(26)20-6-2-8-21-19(20)7-3-12-24-21/h2-3,6-8,11-13,15,18H,4-5,9-10,14H2,1H3/t18-/m0/s1. The summed E-state index contributed by atoms with van der Waals surface area (Å²) in [5.74, 6) is 0.136. The van der Waals surface area contributed by atoms with Gasteiger partial charge in [-0.2, -0.15) is 0 Å². The summed E-state index contributed by atoms with van der Waals surface area (Å²) in [6, 6.07) is 14.2. The number of carbonyl (C=O) groups excluding carboxylic acids is 1. The van der Waals surface area contributed by atoms with Gasteiger partial charge in [0.05, 0.1) is 5.52 Å². The van der Waals surface area contributed by atoms with Gasteiger partial charge in [0, 0.05) is 41.6 Å². The second kappa shape index (κ2) is 7.24. The molecule has 1 amide bonds. The normalized spacial score (nSPS) is 17.0. The molecule has 0 aliphatic carbocycles. The van der Waals surface area contributed by atoms with Gasteiger partial charge < -0.3 is 4.90 Å². The van der Waals surface area contributed by atoms with Crippen molar-refractivity contribution in [3.05, 3.63) is 71.7 Å². The Labute approximate surface area is 153 Å². The fourth-order valence-corrected chi connectivity index (χ4v) is 3.94. The number of fused-ring (bicyclic) bond motifs is 1. The molecule has 1 atom stereocenters. The molecule has 132 valence electrons. The van der Waals surface area contributed by atoms with Crippen LogP contribution in [0.3, 0.4) is 0 Å². The number of rotatable bonds is 4. The molecule has 1 fully saturated rings. The molecule has 0 saturated carbocycles. The number of benzene rings is 1. The van der Waals surface area contributed by atoms with Crippen molar-refractivity contribution < 1.29 is 4.79 Å². The second-order valence-corrected chi connectivity index (χ2v) is 7.01. The van der Waals surface area contributed by atoms with Crippen LogP contribution in [0.25, 0.3) is 10.9 Å². The third-order valence-electron chi connectivity index (χ3n) is 5.24. The number of aromatic nitrogens is 2. The van der Waals surface area contributed by atoms with E-state index in [0.29, 0.717) is 6.04 Å². The van der Waals surface area contributed by atoms with Gasteiger partial charge in [-0.15, -0.1) is 0 Å². The SMILES string of the molecule is Cc1cc(CC[C@@H]2CCCN2C(=O)c2cccc3ncccc23)ccn1. The van der Waals surface area contributed by atoms with E-state index in [9.17, 15) is 4.79 Å². The van der Waals surface area contributed by atoms with Crippen LogP contribution in [0.4, 0.5) is 0 Å². The number of hydrogen-bond donors (Lipinski definition) is 0. The highest BCUT2D eigenvalue weighted by Gasteiger charge is 2.29. The predicted octanol–water partition coefficient (Wildman–Crippen LogP) is 4.18. The van der Waals surface area contributed by atoms with Crippen LogP contribution in [0.5, 0.6) is 0 Å². The van der Waals surface area contributed by atoms with E-state index < -0.39 is 0 Å². The van der Waals surface area contributed by atoms with Crippen LogP contribution in [-0.4, -0.2) is 33.4 Å². The lowest BCUT2D eigenvalue weighted by Gasteiger charge is -2.25. The largest absolute Gasteiger partial charge is 0.336 e. The van der Waals surface area contributed by atoms with Crippen LogP contribution in [0.2, 0.25) is 0 Å². The Morgan fingerprint density at radius 2 is 2.08 bits per heavy atom. The fourth-order valence-electron chi connectivity index (χ4n) is 3.94. The molecule has 4 heteroatoms. The number of hydrogen-bond acceptors (Lipinski definition) is 3. The van der Waals surface area contributed by atoms with Crippen molar-refractivity contribution in [1.82, 2.24) is 14.9 Å². The predicted molar refractivity (Wildman–Crippen MR) is 103 cm³/mol. The number of pyridine rings is 2. The molecular formula is C22H23N3O. The molecule has 26 heavy (non-hydrogen) atoms. The summed E-state index contributed by atoms with van der Waals surface area (Å²) in [5.41, 5.74) is 3.99. The highest BCUT2D eigenvalue weighted by molar-refractivity contribution is 6.06. The van der Waals surface area contributed by atoms with Gasteiger partial charge in [0.25, 0.3) is 5.91 Å². The van der Waals surface area contributed by atoms with Crippen molar-refractivity contribution in [2.75, 3.05) is 6.54 Å². The molecule has 0 spiro atoms. The Morgan fingerprint density at radius 3 is 2.96 bits per heavy atom. The zero-order valence-corrected chi connectivity index (χ0v) is 15.1. The number of amides is 1. The van der Waals surface area contributed by atoms with E-state index in [0.717, 1.165) is 54.4 Å². The van der Waals surface area contributed by atoms with Crippen molar-refractivity contribution in [2.45, 2.75) is 38.6 Å². The van der Waals surface area contributed by atoms with E-state index in [2.05, 4.69) is 27.0 Å². The Bertz CT molecular complexity index is 932. The molecular weight excluding hydrogens is 322 g/mol. The molecule has 3 heterocycles. The third-order valence-corrected chi connectivity index (χ3v) is 5.24. The summed E-state index contributed by atoms with van der Waals surface area (Å²) >= 11 is 0. The van der Waals surface area contributed by atoms with Gasteiger partial charge in [0.15, 0.2) is 0 Å².